The van der Waals surface area contributed by atoms with Crippen molar-refractivity contribution in [1.82, 2.24) is 0 Å². The Morgan fingerprint density at radius 3 is 2.38 bits per heavy atom. The number of carbonyl (C=O) groups is 2. The number of benzene rings is 1. The molecule has 0 unspecified atom stereocenters. The first kappa shape index (κ1) is 12.2. The molecule has 0 amide bonds. The van der Waals surface area contributed by atoms with Gasteiger partial charge in [0.05, 0.1) is 12.7 Å². The third kappa shape index (κ3) is 2.39. The molecular weight excluding hydrogens is 225 g/mol. The van der Waals surface area contributed by atoms with Crippen LogP contribution in [0.25, 0.3) is 0 Å². The van der Waals surface area contributed by atoms with Crippen LogP contribution in [0.5, 0.6) is 0 Å². The van der Waals surface area contributed by atoms with Crippen LogP contribution in [0.4, 0.5) is 13.2 Å². The second-order valence-corrected chi connectivity index (χ2v) is 2.90. The lowest BCUT2D eigenvalue weighted by Gasteiger charge is -2.03. The molecule has 0 fully saturated rings. The Morgan fingerprint density at radius 1 is 1.19 bits per heavy atom. The molecule has 0 spiro atoms. The van der Waals surface area contributed by atoms with Crippen molar-refractivity contribution in [2.24, 2.45) is 0 Å². The molecule has 0 heterocycles. The molecule has 6 heteroatoms. The first-order chi connectivity index (χ1) is 7.47. The molecule has 1 rings (SSSR count). The van der Waals surface area contributed by atoms with Gasteiger partial charge in [-0.1, -0.05) is 0 Å². The van der Waals surface area contributed by atoms with Gasteiger partial charge < -0.3 is 4.74 Å². The maximum Gasteiger partial charge on any atom is 0.313 e. The maximum atomic E-state index is 13.1. The highest BCUT2D eigenvalue weighted by atomic mass is 19.2. The Hall–Kier alpha value is -1.85. The predicted octanol–water partition coefficient (Wildman–Crippen LogP) is 1.85. The zero-order chi connectivity index (χ0) is 12.3. The average Bonchev–Trinajstić information content (AvgIpc) is 2.25. The van der Waals surface area contributed by atoms with Gasteiger partial charge in [0.1, 0.15) is 6.42 Å². The SMILES string of the molecule is COC(=O)CC(=O)c1ccc(F)c(F)c1F. The second-order valence-electron chi connectivity index (χ2n) is 2.90. The molecule has 0 aromatic heterocycles. The summed E-state index contributed by atoms with van der Waals surface area (Å²) >= 11 is 0. The topological polar surface area (TPSA) is 43.4 Å². The van der Waals surface area contributed by atoms with Crippen molar-refractivity contribution in [3.05, 3.63) is 35.1 Å². The van der Waals surface area contributed by atoms with Crippen molar-refractivity contribution in [1.29, 1.82) is 0 Å². The van der Waals surface area contributed by atoms with Gasteiger partial charge in [-0.2, -0.15) is 0 Å². The quantitative estimate of drug-likeness (QED) is 0.345. The molecule has 0 atom stereocenters. The molecule has 0 aliphatic rings. The van der Waals surface area contributed by atoms with Crippen molar-refractivity contribution in [2.75, 3.05) is 7.11 Å². The van der Waals surface area contributed by atoms with E-state index in [1.165, 1.54) is 0 Å². The van der Waals surface area contributed by atoms with Crippen LogP contribution < -0.4 is 0 Å². The Morgan fingerprint density at radius 2 is 1.81 bits per heavy atom. The number of methoxy groups -OCH3 is 1. The highest BCUT2D eigenvalue weighted by Crippen LogP contribution is 2.16. The monoisotopic (exact) mass is 232 g/mol. The minimum atomic E-state index is -1.74. The number of ether oxygens (including phenoxy) is 1. The zero-order valence-corrected chi connectivity index (χ0v) is 8.22. The van der Waals surface area contributed by atoms with E-state index < -0.39 is 41.2 Å². The van der Waals surface area contributed by atoms with Crippen molar-refractivity contribution in [3.63, 3.8) is 0 Å². The summed E-state index contributed by atoms with van der Waals surface area (Å²) in [5.41, 5.74) is -0.677. The summed E-state index contributed by atoms with van der Waals surface area (Å²) in [6.45, 7) is 0. The van der Waals surface area contributed by atoms with E-state index in [0.717, 1.165) is 13.2 Å². The number of carbonyl (C=O) groups excluding carboxylic acids is 2. The van der Waals surface area contributed by atoms with E-state index in [-0.39, 0.29) is 0 Å². The first-order valence-electron chi connectivity index (χ1n) is 4.21. The van der Waals surface area contributed by atoms with E-state index in [9.17, 15) is 22.8 Å². The van der Waals surface area contributed by atoms with E-state index in [0.29, 0.717) is 6.07 Å². The highest BCUT2D eigenvalue weighted by molar-refractivity contribution is 6.06. The van der Waals surface area contributed by atoms with Crippen molar-refractivity contribution in [2.45, 2.75) is 6.42 Å². The molecule has 0 radical (unpaired) electrons. The van der Waals surface area contributed by atoms with Crippen LogP contribution in [0, 0.1) is 17.5 Å². The molecule has 3 nitrogen and oxygen atoms in total. The summed E-state index contributed by atoms with van der Waals surface area (Å²) in [7, 11) is 1.05. The van der Waals surface area contributed by atoms with Crippen molar-refractivity contribution < 1.29 is 27.5 Å². The van der Waals surface area contributed by atoms with Crippen LogP contribution in [0.3, 0.4) is 0 Å². The van der Waals surface area contributed by atoms with Gasteiger partial charge in [0.2, 0.25) is 0 Å². The molecule has 0 aliphatic carbocycles. The number of rotatable bonds is 3. The number of ketones is 1. The predicted molar refractivity (Wildman–Crippen MR) is 47.3 cm³/mol. The van der Waals surface area contributed by atoms with E-state index in [4.69, 9.17) is 0 Å². The van der Waals surface area contributed by atoms with Gasteiger partial charge in [0.25, 0.3) is 0 Å². The molecule has 16 heavy (non-hydrogen) atoms. The molecule has 1 aromatic carbocycles. The number of Topliss-reactive ketones (excluding diaryl/α,β-unsaturated/α-hetero) is 1. The van der Waals surface area contributed by atoms with Gasteiger partial charge in [-0.25, -0.2) is 13.2 Å². The molecule has 0 saturated carbocycles. The van der Waals surface area contributed by atoms with Gasteiger partial charge in [0, 0.05) is 0 Å². The molecular formula is C10H7F3O3. The molecule has 0 saturated heterocycles. The van der Waals surface area contributed by atoms with Crippen molar-refractivity contribution in [3.8, 4) is 0 Å². The van der Waals surface area contributed by atoms with Crippen LogP contribution in [-0.2, 0) is 9.53 Å². The number of hydrogen-bond donors (Lipinski definition) is 0. The van der Waals surface area contributed by atoms with E-state index in [1.54, 1.807) is 0 Å². The third-order valence-corrected chi connectivity index (χ3v) is 1.87. The fourth-order valence-corrected chi connectivity index (χ4v) is 1.04. The standard InChI is InChI=1S/C10H7F3O3/c1-16-8(15)4-7(14)5-2-3-6(11)10(13)9(5)12/h2-3H,4H2,1H3. The highest BCUT2D eigenvalue weighted by Gasteiger charge is 2.20. The molecule has 0 N–H and O–H groups in total. The summed E-state index contributed by atoms with van der Waals surface area (Å²) in [5, 5.41) is 0. The summed E-state index contributed by atoms with van der Waals surface area (Å²) < 4.78 is 42.6. The third-order valence-electron chi connectivity index (χ3n) is 1.87. The average molecular weight is 232 g/mol. The second kappa shape index (κ2) is 4.78. The maximum absolute atomic E-state index is 13.1. The van der Waals surface area contributed by atoms with Gasteiger partial charge in [0.15, 0.2) is 23.2 Å². The largest absolute Gasteiger partial charge is 0.469 e. The normalized spacial score (nSPS) is 10.0. The zero-order valence-electron chi connectivity index (χ0n) is 8.22. The lowest BCUT2D eigenvalue weighted by molar-refractivity contribution is -0.139. The van der Waals surface area contributed by atoms with E-state index in [1.807, 2.05) is 0 Å². The van der Waals surface area contributed by atoms with Gasteiger partial charge in [-0.3, -0.25) is 9.59 Å². The molecule has 86 valence electrons. The fourth-order valence-electron chi connectivity index (χ4n) is 1.04. The number of hydrogen-bond acceptors (Lipinski definition) is 3. The lowest BCUT2D eigenvalue weighted by Crippen LogP contribution is -2.12. The Labute approximate surface area is 88.8 Å². The summed E-state index contributed by atoms with van der Waals surface area (Å²) in [5.74, 6) is -6.59. The smallest absolute Gasteiger partial charge is 0.313 e. The lowest BCUT2D eigenvalue weighted by atomic mass is 10.1. The van der Waals surface area contributed by atoms with Gasteiger partial charge >= 0.3 is 5.97 Å². The van der Waals surface area contributed by atoms with Crippen LogP contribution >= 0.6 is 0 Å². The summed E-state index contributed by atoms with van der Waals surface area (Å²) in [6, 6.07) is 1.39. The van der Waals surface area contributed by atoms with Crippen molar-refractivity contribution >= 4 is 11.8 Å². The minimum Gasteiger partial charge on any atom is -0.469 e. The number of halogens is 3. The van der Waals surface area contributed by atoms with E-state index in [2.05, 4.69) is 4.74 Å². The van der Waals surface area contributed by atoms with Crippen LogP contribution in [0.15, 0.2) is 12.1 Å². The van der Waals surface area contributed by atoms with Gasteiger partial charge in [-0.15, -0.1) is 0 Å². The van der Waals surface area contributed by atoms with Crippen LogP contribution in [0.2, 0.25) is 0 Å². The van der Waals surface area contributed by atoms with Crippen LogP contribution in [-0.4, -0.2) is 18.9 Å². The summed E-state index contributed by atoms with van der Waals surface area (Å²) in [4.78, 5) is 22.0. The molecule has 0 bridgehead atoms. The Bertz CT molecular complexity index is 443. The Balaban J connectivity index is 3.01. The van der Waals surface area contributed by atoms with Gasteiger partial charge in [-0.05, 0) is 12.1 Å². The summed E-state index contributed by atoms with van der Waals surface area (Å²) in [6.07, 6.45) is -0.724. The van der Waals surface area contributed by atoms with Crippen LogP contribution in [0.1, 0.15) is 16.8 Å². The first-order valence-corrected chi connectivity index (χ1v) is 4.21. The Kier molecular flexibility index (Phi) is 3.65. The number of esters is 1. The molecule has 0 aliphatic heterocycles. The van der Waals surface area contributed by atoms with E-state index >= 15 is 0 Å². The fraction of sp³-hybridized carbons (Fsp3) is 0.200. The molecule has 1 aromatic rings. The minimum absolute atomic E-state index is 0.614.